The summed E-state index contributed by atoms with van der Waals surface area (Å²) in [5.41, 5.74) is 6.37. The molecule has 0 bridgehead atoms. The number of carbonyl (C=O) groups excluding carboxylic acids is 2. The Morgan fingerprint density at radius 1 is 1.04 bits per heavy atom. The number of hydrogen-bond donors (Lipinski definition) is 1. The molecule has 0 aromatic heterocycles. The van der Waals surface area contributed by atoms with Crippen LogP contribution in [0.1, 0.15) is 24.2 Å². The fraction of sp³-hybridized carbons (Fsp3) is 0.222. The fourth-order valence-corrected chi connectivity index (χ4v) is 2.32. The highest BCUT2D eigenvalue weighted by Gasteiger charge is 2.20. The molecule has 0 spiro atoms. The van der Waals surface area contributed by atoms with Crippen molar-refractivity contribution >= 4 is 17.5 Å². The van der Waals surface area contributed by atoms with Crippen molar-refractivity contribution < 1.29 is 14.3 Å². The minimum Gasteiger partial charge on any atom is -0.483 e. The Morgan fingerprint density at radius 2 is 1.65 bits per heavy atom. The van der Waals surface area contributed by atoms with Crippen LogP contribution >= 0.6 is 0 Å². The van der Waals surface area contributed by atoms with Crippen LogP contribution in [0.2, 0.25) is 0 Å². The molecule has 2 aromatic carbocycles. The third-order valence-electron chi connectivity index (χ3n) is 3.32. The fourth-order valence-electron chi connectivity index (χ4n) is 2.32. The third kappa shape index (κ3) is 4.10. The molecule has 0 saturated heterocycles. The zero-order valence-corrected chi connectivity index (χ0v) is 13.2. The highest BCUT2D eigenvalue weighted by molar-refractivity contribution is 5.97. The van der Waals surface area contributed by atoms with Crippen molar-refractivity contribution in [1.29, 1.82) is 0 Å². The van der Waals surface area contributed by atoms with E-state index in [1.807, 2.05) is 44.2 Å². The molecule has 120 valence electrons. The van der Waals surface area contributed by atoms with E-state index >= 15 is 0 Å². The van der Waals surface area contributed by atoms with Crippen molar-refractivity contribution in [3.05, 3.63) is 60.2 Å². The van der Waals surface area contributed by atoms with Crippen molar-refractivity contribution in [2.75, 3.05) is 11.5 Å². The number of amides is 2. The van der Waals surface area contributed by atoms with E-state index in [1.165, 1.54) is 0 Å². The van der Waals surface area contributed by atoms with Crippen molar-refractivity contribution in [2.45, 2.75) is 19.9 Å². The Bertz CT molecular complexity index is 684. The van der Waals surface area contributed by atoms with Crippen LogP contribution in [-0.4, -0.2) is 24.5 Å². The van der Waals surface area contributed by atoms with Gasteiger partial charge in [-0.05, 0) is 38.1 Å². The molecule has 2 N–H and O–H groups in total. The SMILES string of the molecule is CC(C)N(C(=O)COc1ccccc1C(N)=O)c1ccccc1. The number of carbonyl (C=O) groups is 2. The third-order valence-corrected chi connectivity index (χ3v) is 3.32. The Kier molecular flexibility index (Phi) is 5.36. The first-order valence-electron chi connectivity index (χ1n) is 7.39. The Labute approximate surface area is 135 Å². The van der Waals surface area contributed by atoms with E-state index in [9.17, 15) is 9.59 Å². The zero-order chi connectivity index (χ0) is 16.8. The molecule has 5 nitrogen and oxygen atoms in total. The highest BCUT2D eigenvalue weighted by Crippen LogP contribution is 2.19. The predicted molar refractivity (Wildman–Crippen MR) is 89.5 cm³/mol. The number of nitrogens with two attached hydrogens (primary N) is 1. The van der Waals surface area contributed by atoms with E-state index in [2.05, 4.69) is 0 Å². The molecule has 0 fully saturated rings. The van der Waals surface area contributed by atoms with Gasteiger partial charge in [0.2, 0.25) is 0 Å². The molecular weight excluding hydrogens is 292 g/mol. The Hall–Kier alpha value is -2.82. The summed E-state index contributed by atoms with van der Waals surface area (Å²) in [4.78, 5) is 25.6. The number of primary amides is 1. The molecule has 0 unspecified atom stereocenters. The summed E-state index contributed by atoms with van der Waals surface area (Å²) >= 11 is 0. The maximum absolute atomic E-state index is 12.5. The van der Waals surface area contributed by atoms with Crippen LogP contribution in [0, 0.1) is 0 Å². The van der Waals surface area contributed by atoms with Gasteiger partial charge in [0.1, 0.15) is 5.75 Å². The molecule has 5 heteroatoms. The van der Waals surface area contributed by atoms with Crippen molar-refractivity contribution in [1.82, 2.24) is 0 Å². The van der Waals surface area contributed by atoms with Gasteiger partial charge in [0.05, 0.1) is 5.56 Å². The normalized spacial score (nSPS) is 10.4. The van der Waals surface area contributed by atoms with Crippen molar-refractivity contribution in [2.24, 2.45) is 5.73 Å². The van der Waals surface area contributed by atoms with Crippen LogP contribution in [-0.2, 0) is 4.79 Å². The van der Waals surface area contributed by atoms with Gasteiger partial charge in [-0.15, -0.1) is 0 Å². The Balaban J connectivity index is 2.13. The van der Waals surface area contributed by atoms with Crippen LogP contribution in [0.3, 0.4) is 0 Å². The first-order valence-corrected chi connectivity index (χ1v) is 7.39. The molecule has 0 aliphatic rings. The molecule has 2 aromatic rings. The second-order valence-electron chi connectivity index (χ2n) is 5.34. The minimum absolute atomic E-state index is 0.0140. The number of anilines is 1. The summed E-state index contributed by atoms with van der Waals surface area (Å²) < 4.78 is 5.52. The zero-order valence-electron chi connectivity index (χ0n) is 13.2. The number of ether oxygens (including phenoxy) is 1. The average Bonchev–Trinajstić information content (AvgIpc) is 2.54. The first-order chi connectivity index (χ1) is 11.0. The van der Waals surface area contributed by atoms with Gasteiger partial charge < -0.3 is 15.4 Å². The topological polar surface area (TPSA) is 72.6 Å². The van der Waals surface area contributed by atoms with Crippen LogP contribution in [0.15, 0.2) is 54.6 Å². The van der Waals surface area contributed by atoms with E-state index < -0.39 is 5.91 Å². The maximum Gasteiger partial charge on any atom is 0.265 e. The molecule has 2 amide bonds. The number of benzene rings is 2. The molecule has 2 rings (SSSR count). The summed E-state index contributed by atoms with van der Waals surface area (Å²) in [6.07, 6.45) is 0. The van der Waals surface area contributed by atoms with Gasteiger partial charge in [0.25, 0.3) is 11.8 Å². The van der Waals surface area contributed by atoms with E-state index in [-0.39, 0.29) is 24.1 Å². The lowest BCUT2D eigenvalue weighted by atomic mass is 10.2. The lowest BCUT2D eigenvalue weighted by molar-refractivity contribution is -0.120. The smallest absolute Gasteiger partial charge is 0.265 e. The van der Waals surface area contributed by atoms with E-state index in [4.69, 9.17) is 10.5 Å². The lowest BCUT2D eigenvalue weighted by Crippen LogP contribution is -2.40. The summed E-state index contributed by atoms with van der Waals surface area (Å²) in [7, 11) is 0. The second-order valence-corrected chi connectivity index (χ2v) is 5.34. The van der Waals surface area contributed by atoms with Crippen LogP contribution in [0.4, 0.5) is 5.69 Å². The molecule has 0 heterocycles. The minimum atomic E-state index is -0.586. The summed E-state index contributed by atoms with van der Waals surface area (Å²) in [6.45, 7) is 3.70. The standard InChI is InChI=1S/C18H20N2O3/c1-13(2)20(14-8-4-3-5-9-14)17(21)12-23-16-11-7-6-10-15(16)18(19)22/h3-11,13H,12H2,1-2H3,(H2,19,22). The molecule has 0 aliphatic heterocycles. The van der Waals surface area contributed by atoms with E-state index in [1.54, 1.807) is 29.2 Å². The summed E-state index contributed by atoms with van der Waals surface area (Å²) in [6, 6.07) is 16.0. The predicted octanol–water partition coefficient (Wildman–Crippen LogP) is 2.61. The summed E-state index contributed by atoms with van der Waals surface area (Å²) in [5, 5.41) is 0. The van der Waals surface area contributed by atoms with Gasteiger partial charge in [-0.2, -0.15) is 0 Å². The van der Waals surface area contributed by atoms with Gasteiger partial charge in [-0.1, -0.05) is 30.3 Å². The molecule has 0 saturated carbocycles. The largest absolute Gasteiger partial charge is 0.483 e. The van der Waals surface area contributed by atoms with E-state index in [0.29, 0.717) is 5.75 Å². The Morgan fingerprint density at radius 3 is 2.26 bits per heavy atom. The average molecular weight is 312 g/mol. The number of para-hydroxylation sites is 2. The van der Waals surface area contributed by atoms with Gasteiger partial charge in [-0.3, -0.25) is 9.59 Å². The van der Waals surface area contributed by atoms with Gasteiger partial charge >= 0.3 is 0 Å². The molecular formula is C18H20N2O3. The summed E-state index contributed by atoms with van der Waals surface area (Å²) in [5.74, 6) is -0.465. The van der Waals surface area contributed by atoms with Gasteiger partial charge in [0.15, 0.2) is 6.61 Å². The highest BCUT2D eigenvalue weighted by atomic mass is 16.5. The van der Waals surface area contributed by atoms with Gasteiger partial charge in [0, 0.05) is 11.7 Å². The van der Waals surface area contributed by atoms with Crippen LogP contribution in [0.25, 0.3) is 0 Å². The molecule has 0 atom stereocenters. The number of hydrogen-bond acceptors (Lipinski definition) is 3. The van der Waals surface area contributed by atoms with Crippen molar-refractivity contribution in [3.8, 4) is 5.75 Å². The van der Waals surface area contributed by atoms with Crippen LogP contribution < -0.4 is 15.4 Å². The van der Waals surface area contributed by atoms with E-state index in [0.717, 1.165) is 5.69 Å². The quantitative estimate of drug-likeness (QED) is 0.891. The first kappa shape index (κ1) is 16.5. The number of rotatable bonds is 6. The van der Waals surface area contributed by atoms with Crippen molar-refractivity contribution in [3.63, 3.8) is 0 Å². The molecule has 23 heavy (non-hydrogen) atoms. The molecule has 0 radical (unpaired) electrons. The second kappa shape index (κ2) is 7.45. The van der Waals surface area contributed by atoms with Gasteiger partial charge in [-0.25, -0.2) is 0 Å². The van der Waals surface area contributed by atoms with Crippen LogP contribution in [0.5, 0.6) is 5.75 Å². The monoisotopic (exact) mass is 312 g/mol. The number of nitrogens with zero attached hydrogens (tertiary/aromatic N) is 1. The lowest BCUT2D eigenvalue weighted by Gasteiger charge is -2.27. The maximum atomic E-state index is 12.5. The molecule has 0 aliphatic carbocycles.